The summed E-state index contributed by atoms with van der Waals surface area (Å²) in [5.74, 6) is -0.200. The molecule has 170 valence electrons. The third kappa shape index (κ3) is 3.57. The molecule has 1 amide bonds. The van der Waals surface area contributed by atoms with Crippen molar-refractivity contribution < 1.29 is 4.79 Å². The van der Waals surface area contributed by atoms with E-state index in [9.17, 15) is 9.59 Å². The Labute approximate surface area is 197 Å². The summed E-state index contributed by atoms with van der Waals surface area (Å²) in [7, 11) is 1.86. The van der Waals surface area contributed by atoms with Crippen LogP contribution in [0.15, 0.2) is 83.7 Å². The zero-order chi connectivity index (χ0) is 23.8. The van der Waals surface area contributed by atoms with E-state index in [0.29, 0.717) is 29.7 Å². The van der Waals surface area contributed by atoms with Crippen molar-refractivity contribution in [3.05, 3.63) is 106 Å². The molecule has 0 radical (unpaired) electrons. The molecule has 5 aromatic rings. The summed E-state index contributed by atoms with van der Waals surface area (Å²) in [5, 5.41) is 6.12. The molecule has 0 aliphatic heterocycles. The van der Waals surface area contributed by atoms with Crippen LogP contribution in [0.2, 0.25) is 0 Å². The first kappa shape index (κ1) is 21.6. The van der Waals surface area contributed by atoms with E-state index in [4.69, 9.17) is 0 Å². The number of fused-ring (bicyclic) bond motifs is 3. The second-order valence-corrected chi connectivity index (χ2v) is 8.51. The molecule has 2 aromatic heterocycles. The van der Waals surface area contributed by atoms with E-state index >= 15 is 0 Å². The van der Waals surface area contributed by atoms with Gasteiger partial charge in [-0.1, -0.05) is 66.2 Å². The van der Waals surface area contributed by atoms with Gasteiger partial charge in [-0.15, -0.1) is 0 Å². The lowest BCUT2D eigenvalue weighted by atomic mass is 10.1. The predicted octanol–water partition coefficient (Wildman–Crippen LogP) is 4.85. The summed E-state index contributed by atoms with van der Waals surface area (Å²) in [4.78, 5) is 29.4. The number of rotatable bonds is 5. The number of nitrogens with zero attached hydrogens (tertiary/aromatic N) is 4. The second kappa shape index (κ2) is 8.63. The Morgan fingerprint density at radius 3 is 2.32 bits per heavy atom. The zero-order valence-corrected chi connectivity index (χ0v) is 19.5. The Bertz CT molecular complexity index is 1560. The fraction of sp³-hybridized carbons (Fsp3) is 0.179. The average Bonchev–Trinajstić information content (AvgIpc) is 3.17. The number of benzene rings is 3. The van der Waals surface area contributed by atoms with E-state index in [0.717, 1.165) is 22.0 Å². The maximum Gasteiger partial charge on any atom is 0.296 e. The molecule has 0 atom stereocenters. The van der Waals surface area contributed by atoms with Crippen molar-refractivity contribution in [2.45, 2.75) is 20.4 Å². The molecule has 2 heterocycles. The summed E-state index contributed by atoms with van der Waals surface area (Å²) >= 11 is 0. The molecule has 6 heteroatoms. The number of amides is 1. The normalized spacial score (nSPS) is 11.3. The Morgan fingerprint density at radius 2 is 1.62 bits per heavy atom. The standard InChI is InChI=1S/C28H26N4O2/c1-4-31(18-20-10-6-5-7-11-20)27(33)25-24-22-12-8-9-13-23(22)30(3)26(24)28(34)32(29-25)21-16-14-19(2)15-17-21/h5-17H,4,18H2,1-3H3. The molecule has 34 heavy (non-hydrogen) atoms. The molecule has 3 aromatic carbocycles. The maximum absolute atomic E-state index is 13.9. The third-order valence-corrected chi connectivity index (χ3v) is 6.31. The molecular formula is C28H26N4O2. The molecular weight excluding hydrogens is 424 g/mol. The van der Waals surface area contributed by atoms with E-state index in [1.54, 1.807) is 4.90 Å². The first-order valence-corrected chi connectivity index (χ1v) is 11.4. The van der Waals surface area contributed by atoms with Gasteiger partial charge >= 0.3 is 0 Å². The van der Waals surface area contributed by atoms with Crippen LogP contribution in [0, 0.1) is 6.92 Å². The molecule has 6 nitrogen and oxygen atoms in total. The Kier molecular flexibility index (Phi) is 5.49. The minimum absolute atomic E-state index is 0.200. The molecule has 0 unspecified atom stereocenters. The van der Waals surface area contributed by atoms with Gasteiger partial charge in [0.15, 0.2) is 5.69 Å². The molecule has 0 aliphatic rings. The summed E-state index contributed by atoms with van der Waals surface area (Å²) in [6.07, 6.45) is 0. The van der Waals surface area contributed by atoms with Gasteiger partial charge in [-0.25, -0.2) is 0 Å². The van der Waals surface area contributed by atoms with Crippen LogP contribution in [-0.4, -0.2) is 31.7 Å². The number of aryl methyl sites for hydroxylation is 2. The predicted molar refractivity (Wildman–Crippen MR) is 135 cm³/mol. The van der Waals surface area contributed by atoms with E-state index in [-0.39, 0.29) is 17.2 Å². The molecule has 0 bridgehead atoms. The van der Waals surface area contributed by atoms with Crippen molar-refractivity contribution >= 4 is 27.7 Å². The Hall–Kier alpha value is -4.19. The maximum atomic E-state index is 13.9. The third-order valence-electron chi connectivity index (χ3n) is 6.31. The van der Waals surface area contributed by atoms with E-state index in [1.807, 2.05) is 104 Å². The lowest BCUT2D eigenvalue weighted by Gasteiger charge is -2.21. The zero-order valence-electron chi connectivity index (χ0n) is 19.5. The van der Waals surface area contributed by atoms with Crippen molar-refractivity contribution in [2.24, 2.45) is 7.05 Å². The summed E-state index contributed by atoms with van der Waals surface area (Å²) < 4.78 is 3.22. The number of hydrogen-bond donors (Lipinski definition) is 0. The number of para-hydroxylation sites is 1. The second-order valence-electron chi connectivity index (χ2n) is 8.51. The van der Waals surface area contributed by atoms with Crippen molar-refractivity contribution in [3.63, 3.8) is 0 Å². The lowest BCUT2D eigenvalue weighted by molar-refractivity contribution is 0.0747. The highest BCUT2D eigenvalue weighted by molar-refractivity contribution is 6.16. The highest BCUT2D eigenvalue weighted by Gasteiger charge is 2.26. The van der Waals surface area contributed by atoms with Crippen LogP contribution in [0.25, 0.3) is 27.5 Å². The quantitative estimate of drug-likeness (QED) is 0.385. The van der Waals surface area contributed by atoms with Crippen LogP contribution < -0.4 is 5.56 Å². The van der Waals surface area contributed by atoms with E-state index < -0.39 is 0 Å². The van der Waals surface area contributed by atoms with E-state index in [2.05, 4.69) is 5.10 Å². The average molecular weight is 451 g/mol. The van der Waals surface area contributed by atoms with Crippen LogP contribution in [-0.2, 0) is 13.6 Å². The van der Waals surface area contributed by atoms with Crippen LogP contribution >= 0.6 is 0 Å². The largest absolute Gasteiger partial charge is 0.339 e. The highest BCUT2D eigenvalue weighted by Crippen LogP contribution is 2.29. The van der Waals surface area contributed by atoms with Crippen molar-refractivity contribution in [2.75, 3.05) is 6.54 Å². The SMILES string of the molecule is CCN(Cc1ccccc1)C(=O)c1nn(-c2ccc(C)cc2)c(=O)c2c1c1ccccc1n2C. The smallest absolute Gasteiger partial charge is 0.296 e. The van der Waals surface area contributed by atoms with Gasteiger partial charge in [-0.05, 0) is 37.6 Å². The topological polar surface area (TPSA) is 60.1 Å². The van der Waals surface area contributed by atoms with Gasteiger partial charge in [0.2, 0.25) is 0 Å². The summed E-state index contributed by atoms with van der Waals surface area (Å²) in [5.41, 5.74) is 4.14. The van der Waals surface area contributed by atoms with Crippen LogP contribution in [0.1, 0.15) is 28.5 Å². The number of carbonyl (C=O) groups excluding carboxylic acids is 1. The van der Waals surface area contributed by atoms with Gasteiger partial charge in [0.05, 0.1) is 5.69 Å². The van der Waals surface area contributed by atoms with Crippen LogP contribution in [0.4, 0.5) is 0 Å². The highest BCUT2D eigenvalue weighted by atomic mass is 16.2. The fourth-order valence-electron chi connectivity index (χ4n) is 4.47. The van der Waals surface area contributed by atoms with Gasteiger partial charge in [-0.3, -0.25) is 9.59 Å². The summed E-state index contributed by atoms with van der Waals surface area (Å²) in [6.45, 7) is 4.93. The molecule has 0 saturated carbocycles. The molecule has 0 spiro atoms. The Morgan fingerprint density at radius 1 is 0.941 bits per heavy atom. The minimum atomic E-state index is -0.250. The van der Waals surface area contributed by atoms with Gasteiger partial charge in [0.1, 0.15) is 5.52 Å². The Balaban J connectivity index is 1.78. The van der Waals surface area contributed by atoms with Crippen molar-refractivity contribution in [1.82, 2.24) is 19.2 Å². The molecule has 0 N–H and O–H groups in total. The number of carbonyl (C=O) groups is 1. The molecule has 0 fully saturated rings. The van der Waals surface area contributed by atoms with E-state index in [1.165, 1.54) is 4.68 Å². The van der Waals surface area contributed by atoms with Gasteiger partial charge in [0.25, 0.3) is 11.5 Å². The molecule has 0 saturated heterocycles. The fourth-order valence-corrected chi connectivity index (χ4v) is 4.47. The molecule has 0 aliphatic carbocycles. The monoisotopic (exact) mass is 450 g/mol. The number of hydrogen-bond acceptors (Lipinski definition) is 3. The van der Waals surface area contributed by atoms with Crippen molar-refractivity contribution in [3.8, 4) is 5.69 Å². The van der Waals surface area contributed by atoms with Gasteiger partial charge < -0.3 is 9.47 Å². The van der Waals surface area contributed by atoms with Crippen molar-refractivity contribution in [1.29, 1.82) is 0 Å². The van der Waals surface area contributed by atoms with Gasteiger partial charge in [0, 0.05) is 36.4 Å². The molecule has 5 rings (SSSR count). The minimum Gasteiger partial charge on any atom is -0.339 e. The van der Waals surface area contributed by atoms with Gasteiger partial charge in [-0.2, -0.15) is 9.78 Å². The first-order valence-electron chi connectivity index (χ1n) is 11.4. The summed E-state index contributed by atoms with van der Waals surface area (Å²) in [6, 6.07) is 25.2. The van der Waals surface area contributed by atoms with Crippen LogP contribution in [0.3, 0.4) is 0 Å². The number of aromatic nitrogens is 3. The first-order chi connectivity index (χ1) is 16.5. The van der Waals surface area contributed by atoms with Crippen LogP contribution in [0.5, 0.6) is 0 Å². The lowest BCUT2D eigenvalue weighted by Crippen LogP contribution is -2.34.